The summed E-state index contributed by atoms with van der Waals surface area (Å²) < 4.78 is 11.7. The van der Waals surface area contributed by atoms with E-state index >= 15 is 0 Å². The largest absolute Gasteiger partial charge is 0.395 e. The van der Waals surface area contributed by atoms with Gasteiger partial charge >= 0.3 is 8.56 Å². The predicted octanol–water partition coefficient (Wildman–Crippen LogP) is 3.74. The van der Waals surface area contributed by atoms with E-state index in [9.17, 15) is 5.11 Å². The Labute approximate surface area is 133 Å². The quantitative estimate of drug-likeness (QED) is 0.391. The Bertz CT molecular complexity index is 228. The number of nitrogens with zero attached hydrogens (tertiary/aromatic N) is 1. The van der Waals surface area contributed by atoms with Crippen molar-refractivity contribution in [2.45, 2.75) is 78.6 Å². The van der Waals surface area contributed by atoms with E-state index in [1.807, 2.05) is 13.8 Å². The Hall–Kier alpha value is 0.0569. The second-order valence-corrected chi connectivity index (χ2v) is 9.11. The Balaban J connectivity index is 4.39. The van der Waals surface area contributed by atoms with E-state index in [1.54, 1.807) is 0 Å². The first-order chi connectivity index (χ1) is 10.0. The van der Waals surface area contributed by atoms with Gasteiger partial charge in [0.1, 0.15) is 6.23 Å². The van der Waals surface area contributed by atoms with E-state index in [0.717, 1.165) is 38.4 Å². The fourth-order valence-electron chi connectivity index (χ4n) is 2.50. The maximum Gasteiger partial charge on any atom is 0.335 e. The molecule has 4 nitrogen and oxygen atoms in total. The molecule has 0 aliphatic heterocycles. The zero-order valence-electron chi connectivity index (χ0n) is 14.9. The fraction of sp³-hybridized carbons (Fsp3) is 1.00. The van der Waals surface area contributed by atoms with Gasteiger partial charge in [-0.3, -0.25) is 4.90 Å². The molecule has 0 aromatic rings. The second-order valence-electron chi connectivity index (χ2n) is 5.76. The highest BCUT2D eigenvalue weighted by Crippen LogP contribution is 2.19. The number of rotatable bonds is 14. The van der Waals surface area contributed by atoms with Gasteiger partial charge in [0.15, 0.2) is 0 Å². The predicted molar refractivity (Wildman–Crippen MR) is 91.7 cm³/mol. The molecule has 0 saturated carbocycles. The maximum atomic E-state index is 10.5. The molecule has 0 radical (unpaired) electrons. The van der Waals surface area contributed by atoms with Gasteiger partial charge in [0, 0.05) is 26.3 Å². The molecule has 128 valence electrons. The topological polar surface area (TPSA) is 41.9 Å². The summed E-state index contributed by atoms with van der Waals surface area (Å²) in [6.45, 7) is 13.9. The number of hydrogen-bond acceptors (Lipinski definition) is 4. The van der Waals surface area contributed by atoms with Crippen molar-refractivity contribution in [3.05, 3.63) is 0 Å². The maximum absolute atomic E-state index is 10.5. The molecule has 1 N–H and O–H groups in total. The van der Waals surface area contributed by atoms with Gasteiger partial charge in [-0.1, -0.05) is 26.7 Å². The van der Waals surface area contributed by atoms with Gasteiger partial charge in [-0.05, 0) is 45.7 Å². The summed E-state index contributed by atoms with van der Waals surface area (Å²) in [4.78, 5) is 2.22. The first-order valence-electron chi connectivity index (χ1n) is 8.72. The molecular weight excluding hydrogens is 282 g/mol. The highest BCUT2D eigenvalue weighted by atomic mass is 28.4. The average molecular weight is 320 g/mol. The molecule has 0 aliphatic rings. The molecule has 1 atom stereocenters. The normalized spacial score (nSPS) is 13.9. The lowest BCUT2D eigenvalue weighted by molar-refractivity contribution is -0.00262. The van der Waals surface area contributed by atoms with Crippen molar-refractivity contribution in [3.8, 4) is 0 Å². The molecule has 0 fully saturated rings. The van der Waals surface area contributed by atoms with Crippen LogP contribution in [-0.2, 0) is 8.85 Å². The van der Waals surface area contributed by atoms with Crippen molar-refractivity contribution in [2.75, 3.05) is 26.3 Å². The molecule has 1 unspecified atom stereocenters. The summed E-state index contributed by atoms with van der Waals surface area (Å²) in [5.41, 5.74) is 0. The Morgan fingerprint density at radius 2 is 1.43 bits per heavy atom. The van der Waals surface area contributed by atoms with Gasteiger partial charge in [0.25, 0.3) is 0 Å². The summed E-state index contributed by atoms with van der Waals surface area (Å²) in [7, 11) is -2.11. The van der Waals surface area contributed by atoms with Crippen LogP contribution in [0.5, 0.6) is 0 Å². The van der Waals surface area contributed by atoms with Crippen LogP contribution in [0.25, 0.3) is 0 Å². The number of aliphatic hydroxyl groups is 1. The highest BCUT2D eigenvalue weighted by molar-refractivity contribution is 6.66. The standard InChI is InChI=1S/C16H37NO3Si/c1-6-10-13-17(14-11-7-2)16(18)12-15-21(5,19-8-3)20-9-4/h16,18H,6-15H2,1-5H3. The van der Waals surface area contributed by atoms with Gasteiger partial charge in [-0.25, -0.2) is 0 Å². The van der Waals surface area contributed by atoms with Crippen LogP contribution in [0.3, 0.4) is 0 Å². The zero-order chi connectivity index (χ0) is 16.1. The van der Waals surface area contributed by atoms with Crippen LogP contribution in [0.4, 0.5) is 0 Å². The summed E-state index contributed by atoms with van der Waals surface area (Å²) in [5, 5.41) is 10.5. The van der Waals surface area contributed by atoms with Gasteiger partial charge in [0.05, 0.1) is 0 Å². The molecule has 0 amide bonds. The third kappa shape index (κ3) is 9.63. The SMILES string of the molecule is CCCCN(CCCC)C(O)CC[Si](C)(OCC)OCC. The van der Waals surface area contributed by atoms with E-state index in [0.29, 0.717) is 13.2 Å². The number of aliphatic hydroxyl groups excluding tert-OH is 1. The first kappa shape index (κ1) is 21.1. The minimum Gasteiger partial charge on any atom is -0.395 e. The molecule has 0 aromatic heterocycles. The van der Waals surface area contributed by atoms with Crippen LogP contribution in [0.15, 0.2) is 0 Å². The van der Waals surface area contributed by atoms with Crippen molar-refractivity contribution in [1.29, 1.82) is 0 Å². The van der Waals surface area contributed by atoms with Crippen molar-refractivity contribution >= 4 is 8.56 Å². The van der Waals surface area contributed by atoms with Crippen LogP contribution in [-0.4, -0.2) is 51.1 Å². The fourth-order valence-corrected chi connectivity index (χ4v) is 4.88. The third-order valence-electron chi connectivity index (χ3n) is 3.78. The smallest absolute Gasteiger partial charge is 0.335 e. The Morgan fingerprint density at radius 1 is 0.952 bits per heavy atom. The van der Waals surface area contributed by atoms with Crippen LogP contribution in [0.2, 0.25) is 12.6 Å². The summed E-state index contributed by atoms with van der Waals surface area (Å²) in [6.07, 6.45) is 5.00. The molecule has 0 bridgehead atoms. The van der Waals surface area contributed by atoms with E-state index in [2.05, 4.69) is 25.3 Å². The lowest BCUT2D eigenvalue weighted by Gasteiger charge is -2.31. The van der Waals surface area contributed by atoms with Crippen LogP contribution in [0, 0.1) is 0 Å². The van der Waals surface area contributed by atoms with E-state index < -0.39 is 8.56 Å². The monoisotopic (exact) mass is 319 g/mol. The molecule has 0 aromatic carbocycles. The number of hydrogen-bond donors (Lipinski definition) is 1. The van der Waals surface area contributed by atoms with E-state index in [4.69, 9.17) is 8.85 Å². The lowest BCUT2D eigenvalue weighted by atomic mass is 10.2. The minimum absolute atomic E-state index is 0.365. The average Bonchev–Trinajstić information content (AvgIpc) is 2.45. The third-order valence-corrected chi connectivity index (χ3v) is 6.77. The molecular formula is C16H37NO3Si. The molecule has 0 heterocycles. The second kappa shape index (κ2) is 12.6. The lowest BCUT2D eigenvalue weighted by Crippen LogP contribution is -2.42. The van der Waals surface area contributed by atoms with Crippen LogP contribution >= 0.6 is 0 Å². The van der Waals surface area contributed by atoms with Crippen molar-refractivity contribution < 1.29 is 14.0 Å². The van der Waals surface area contributed by atoms with Crippen molar-refractivity contribution in [2.24, 2.45) is 0 Å². The van der Waals surface area contributed by atoms with Crippen LogP contribution < -0.4 is 0 Å². The van der Waals surface area contributed by atoms with Gasteiger partial charge < -0.3 is 14.0 Å². The Morgan fingerprint density at radius 3 is 1.81 bits per heavy atom. The van der Waals surface area contributed by atoms with Gasteiger partial charge in [-0.15, -0.1) is 0 Å². The van der Waals surface area contributed by atoms with Gasteiger partial charge in [0.2, 0.25) is 0 Å². The molecule has 0 spiro atoms. The minimum atomic E-state index is -2.11. The molecule has 5 heteroatoms. The molecule has 21 heavy (non-hydrogen) atoms. The highest BCUT2D eigenvalue weighted by Gasteiger charge is 2.32. The number of unbranched alkanes of at least 4 members (excludes halogenated alkanes) is 2. The van der Waals surface area contributed by atoms with E-state index in [1.165, 1.54) is 12.8 Å². The summed E-state index contributed by atoms with van der Waals surface area (Å²) in [6, 6.07) is 0.852. The Kier molecular flexibility index (Phi) is 12.6. The molecule has 0 rings (SSSR count). The molecule has 0 aliphatic carbocycles. The molecule has 0 saturated heterocycles. The van der Waals surface area contributed by atoms with Crippen molar-refractivity contribution in [1.82, 2.24) is 4.90 Å². The van der Waals surface area contributed by atoms with Gasteiger partial charge in [-0.2, -0.15) is 0 Å². The summed E-state index contributed by atoms with van der Waals surface area (Å²) >= 11 is 0. The summed E-state index contributed by atoms with van der Waals surface area (Å²) in [5.74, 6) is 0. The van der Waals surface area contributed by atoms with Crippen molar-refractivity contribution in [3.63, 3.8) is 0 Å². The van der Waals surface area contributed by atoms with Crippen LogP contribution in [0.1, 0.15) is 59.8 Å². The first-order valence-corrected chi connectivity index (χ1v) is 11.2. The van der Waals surface area contributed by atoms with E-state index in [-0.39, 0.29) is 6.23 Å². The zero-order valence-corrected chi connectivity index (χ0v) is 15.9.